The van der Waals surface area contributed by atoms with Crippen molar-refractivity contribution in [2.45, 2.75) is 45.1 Å². The standard InChI is InChI=1S/C19H23N3O3/c1-13-12-17(21-22(13)14-8-4-2-5-9-14)18(23)20-16-11-7-3-6-10-15(16)19(24)25/h2,4-5,8-9,12,15-16H,3,6-7,10-11H2,1H3,(H,20,23)(H,24,25)/t15-,16+/m1/s1. The largest absolute Gasteiger partial charge is 0.481 e. The number of carboxylic acids is 1. The summed E-state index contributed by atoms with van der Waals surface area (Å²) in [6, 6.07) is 11.0. The van der Waals surface area contributed by atoms with Gasteiger partial charge in [0, 0.05) is 11.7 Å². The molecule has 0 unspecified atom stereocenters. The van der Waals surface area contributed by atoms with Crippen molar-refractivity contribution in [3.8, 4) is 5.69 Å². The third kappa shape index (κ3) is 3.90. The van der Waals surface area contributed by atoms with Gasteiger partial charge >= 0.3 is 5.97 Å². The summed E-state index contributed by atoms with van der Waals surface area (Å²) in [6.07, 6.45) is 4.15. The van der Waals surface area contributed by atoms with Crippen LogP contribution in [0.1, 0.15) is 48.3 Å². The van der Waals surface area contributed by atoms with Crippen LogP contribution in [0.3, 0.4) is 0 Å². The van der Waals surface area contributed by atoms with E-state index in [9.17, 15) is 14.7 Å². The van der Waals surface area contributed by atoms with Crippen molar-refractivity contribution in [1.82, 2.24) is 15.1 Å². The molecule has 132 valence electrons. The average Bonchev–Trinajstić information content (AvgIpc) is 2.84. The molecule has 1 heterocycles. The smallest absolute Gasteiger partial charge is 0.308 e. The first-order valence-corrected chi connectivity index (χ1v) is 8.72. The lowest BCUT2D eigenvalue weighted by Crippen LogP contribution is -2.43. The lowest BCUT2D eigenvalue weighted by Gasteiger charge is -2.22. The number of nitrogens with one attached hydrogen (secondary N) is 1. The maximum Gasteiger partial charge on any atom is 0.308 e. The van der Waals surface area contributed by atoms with Gasteiger partial charge in [0.25, 0.3) is 5.91 Å². The van der Waals surface area contributed by atoms with Gasteiger partial charge in [0.05, 0.1) is 11.6 Å². The van der Waals surface area contributed by atoms with E-state index in [0.717, 1.165) is 30.6 Å². The predicted molar refractivity (Wildman–Crippen MR) is 93.8 cm³/mol. The van der Waals surface area contributed by atoms with E-state index in [2.05, 4.69) is 10.4 Å². The van der Waals surface area contributed by atoms with E-state index in [1.165, 1.54) is 0 Å². The topological polar surface area (TPSA) is 84.2 Å². The van der Waals surface area contributed by atoms with Crippen molar-refractivity contribution < 1.29 is 14.7 Å². The second kappa shape index (κ2) is 7.51. The molecule has 0 saturated heterocycles. The molecule has 1 aromatic heterocycles. The number of aliphatic carboxylic acids is 1. The van der Waals surface area contributed by atoms with Crippen LogP contribution in [-0.4, -0.2) is 32.8 Å². The monoisotopic (exact) mass is 341 g/mol. The van der Waals surface area contributed by atoms with Crippen molar-refractivity contribution in [2.75, 3.05) is 0 Å². The first kappa shape index (κ1) is 17.2. The highest BCUT2D eigenvalue weighted by molar-refractivity contribution is 5.93. The number of amides is 1. The van der Waals surface area contributed by atoms with Crippen LogP contribution in [0.4, 0.5) is 0 Å². The molecule has 0 spiro atoms. The Morgan fingerprint density at radius 2 is 1.88 bits per heavy atom. The molecule has 0 aliphatic heterocycles. The fourth-order valence-corrected chi connectivity index (χ4v) is 3.43. The molecule has 6 nitrogen and oxygen atoms in total. The Morgan fingerprint density at radius 1 is 1.16 bits per heavy atom. The van der Waals surface area contributed by atoms with Crippen LogP contribution in [0.25, 0.3) is 5.69 Å². The highest BCUT2D eigenvalue weighted by atomic mass is 16.4. The van der Waals surface area contributed by atoms with Crippen LogP contribution in [0.5, 0.6) is 0 Å². The first-order valence-electron chi connectivity index (χ1n) is 8.72. The molecule has 1 aromatic carbocycles. The van der Waals surface area contributed by atoms with Crippen molar-refractivity contribution >= 4 is 11.9 Å². The molecular formula is C19H23N3O3. The minimum atomic E-state index is -0.835. The molecule has 1 fully saturated rings. The Kier molecular flexibility index (Phi) is 5.16. The molecule has 1 aliphatic carbocycles. The second-order valence-corrected chi connectivity index (χ2v) is 6.58. The minimum Gasteiger partial charge on any atom is -0.481 e. The summed E-state index contributed by atoms with van der Waals surface area (Å²) < 4.78 is 1.72. The Labute approximate surface area is 146 Å². The molecule has 1 aliphatic rings. The fourth-order valence-electron chi connectivity index (χ4n) is 3.43. The highest BCUT2D eigenvalue weighted by Crippen LogP contribution is 2.24. The maximum absolute atomic E-state index is 12.6. The van der Waals surface area contributed by atoms with Gasteiger partial charge in [-0.3, -0.25) is 9.59 Å². The van der Waals surface area contributed by atoms with Crippen LogP contribution in [-0.2, 0) is 4.79 Å². The third-order valence-electron chi connectivity index (χ3n) is 4.77. The van der Waals surface area contributed by atoms with E-state index in [1.54, 1.807) is 10.7 Å². The molecule has 0 radical (unpaired) electrons. The van der Waals surface area contributed by atoms with Crippen molar-refractivity contribution in [3.63, 3.8) is 0 Å². The van der Waals surface area contributed by atoms with Gasteiger partial charge in [-0.05, 0) is 38.0 Å². The molecule has 1 saturated carbocycles. The van der Waals surface area contributed by atoms with Crippen LogP contribution >= 0.6 is 0 Å². The van der Waals surface area contributed by atoms with Gasteiger partial charge in [-0.25, -0.2) is 4.68 Å². The number of para-hydroxylation sites is 1. The van der Waals surface area contributed by atoms with Gasteiger partial charge in [-0.15, -0.1) is 0 Å². The Bertz CT molecular complexity index is 755. The number of benzene rings is 1. The zero-order valence-corrected chi connectivity index (χ0v) is 14.3. The van der Waals surface area contributed by atoms with Gasteiger partial charge in [-0.2, -0.15) is 5.10 Å². The Hall–Kier alpha value is -2.63. The Morgan fingerprint density at radius 3 is 2.60 bits per heavy atom. The summed E-state index contributed by atoms with van der Waals surface area (Å²) in [5.41, 5.74) is 2.05. The summed E-state index contributed by atoms with van der Waals surface area (Å²) >= 11 is 0. The lowest BCUT2D eigenvalue weighted by molar-refractivity contribution is -0.142. The summed E-state index contributed by atoms with van der Waals surface area (Å²) in [7, 11) is 0. The van der Waals surface area contributed by atoms with Crippen LogP contribution < -0.4 is 5.32 Å². The number of nitrogens with zero attached hydrogens (tertiary/aromatic N) is 2. The summed E-state index contributed by atoms with van der Waals surface area (Å²) in [5.74, 6) is -1.67. The third-order valence-corrected chi connectivity index (χ3v) is 4.77. The molecule has 1 amide bonds. The molecule has 2 atom stereocenters. The zero-order valence-electron chi connectivity index (χ0n) is 14.3. The van der Waals surface area contributed by atoms with Crippen molar-refractivity contribution in [1.29, 1.82) is 0 Å². The number of aromatic nitrogens is 2. The van der Waals surface area contributed by atoms with E-state index in [4.69, 9.17) is 0 Å². The quantitative estimate of drug-likeness (QED) is 0.838. The highest BCUT2D eigenvalue weighted by Gasteiger charge is 2.31. The molecular weight excluding hydrogens is 318 g/mol. The first-order chi connectivity index (χ1) is 12.1. The predicted octanol–water partition coefficient (Wildman–Crippen LogP) is 2.94. The van der Waals surface area contributed by atoms with Crippen LogP contribution in [0.15, 0.2) is 36.4 Å². The number of carbonyl (C=O) groups excluding carboxylic acids is 1. The Balaban J connectivity index is 1.78. The van der Waals surface area contributed by atoms with E-state index in [1.807, 2.05) is 37.3 Å². The van der Waals surface area contributed by atoms with Gasteiger partial charge in [0.15, 0.2) is 5.69 Å². The molecule has 2 aromatic rings. The van der Waals surface area contributed by atoms with Gasteiger partial charge in [0.1, 0.15) is 0 Å². The zero-order chi connectivity index (χ0) is 17.8. The number of hydrogen-bond acceptors (Lipinski definition) is 3. The number of rotatable bonds is 4. The maximum atomic E-state index is 12.6. The number of carbonyl (C=O) groups is 2. The fraction of sp³-hybridized carbons (Fsp3) is 0.421. The minimum absolute atomic E-state index is 0.309. The normalized spacial score (nSPS) is 20.7. The second-order valence-electron chi connectivity index (χ2n) is 6.58. The van der Waals surface area contributed by atoms with E-state index in [-0.39, 0.29) is 11.9 Å². The van der Waals surface area contributed by atoms with Gasteiger partial charge in [0.2, 0.25) is 0 Å². The molecule has 3 rings (SSSR count). The number of hydrogen-bond donors (Lipinski definition) is 2. The van der Waals surface area contributed by atoms with Crippen LogP contribution in [0, 0.1) is 12.8 Å². The molecule has 0 bridgehead atoms. The molecule has 2 N–H and O–H groups in total. The van der Waals surface area contributed by atoms with Crippen molar-refractivity contribution in [2.24, 2.45) is 5.92 Å². The summed E-state index contributed by atoms with van der Waals surface area (Å²) in [4.78, 5) is 24.1. The lowest BCUT2D eigenvalue weighted by atomic mass is 9.95. The summed E-state index contributed by atoms with van der Waals surface area (Å²) in [6.45, 7) is 1.89. The summed E-state index contributed by atoms with van der Waals surface area (Å²) in [5, 5.41) is 16.7. The molecule has 6 heteroatoms. The SMILES string of the molecule is Cc1cc(C(=O)N[C@H]2CCCCC[C@H]2C(=O)O)nn1-c1ccccc1. The van der Waals surface area contributed by atoms with E-state index >= 15 is 0 Å². The van der Waals surface area contributed by atoms with Gasteiger partial charge < -0.3 is 10.4 Å². The van der Waals surface area contributed by atoms with E-state index < -0.39 is 11.9 Å². The number of carboxylic acid groups (broad SMARTS) is 1. The van der Waals surface area contributed by atoms with Gasteiger partial charge in [-0.1, -0.05) is 37.5 Å². The number of aryl methyl sites for hydroxylation is 1. The van der Waals surface area contributed by atoms with E-state index in [0.29, 0.717) is 18.5 Å². The average molecular weight is 341 g/mol. The van der Waals surface area contributed by atoms with Crippen LogP contribution in [0.2, 0.25) is 0 Å². The van der Waals surface area contributed by atoms with Crippen molar-refractivity contribution in [3.05, 3.63) is 47.8 Å². The molecule has 25 heavy (non-hydrogen) atoms.